The van der Waals surface area contributed by atoms with Gasteiger partial charge in [0.1, 0.15) is 5.75 Å². The van der Waals surface area contributed by atoms with E-state index in [1.807, 2.05) is 36.1 Å². The smallest absolute Gasteiger partial charge is 0.191 e. The minimum Gasteiger partial charge on any atom is -0.493 e. The number of hydrogen-bond acceptors (Lipinski definition) is 3. The van der Waals surface area contributed by atoms with Crippen molar-refractivity contribution in [2.75, 3.05) is 19.7 Å². The fourth-order valence-corrected chi connectivity index (χ4v) is 2.87. The fourth-order valence-electron chi connectivity index (χ4n) is 2.87. The molecule has 154 valence electrons. The van der Waals surface area contributed by atoms with Crippen molar-refractivity contribution >= 4 is 29.9 Å². The Morgan fingerprint density at radius 2 is 2.11 bits per heavy atom. The lowest BCUT2D eigenvalue weighted by Gasteiger charge is -2.13. The highest BCUT2D eigenvalue weighted by molar-refractivity contribution is 14.0. The molecule has 0 unspecified atom stereocenters. The first-order chi connectivity index (χ1) is 13.2. The van der Waals surface area contributed by atoms with Gasteiger partial charge in [0.25, 0.3) is 0 Å². The summed E-state index contributed by atoms with van der Waals surface area (Å²) < 4.78 is 7.83. The molecule has 2 aromatic rings. The van der Waals surface area contributed by atoms with Gasteiger partial charge in [-0.3, -0.25) is 4.68 Å². The molecule has 0 saturated heterocycles. The summed E-state index contributed by atoms with van der Waals surface area (Å²) in [5.41, 5.74) is 2.40. The molecule has 1 aliphatic rings. The van der Waals surface area contributed by atoms with E-state index in [9.17, 15) is 0 Å². The quantitative estimate of drug-likeness (QED) is 0.228. The lowest BCUT2D eigenvalue weighted by Crippen LogP contribution is -2.37. The average molecular weight is 497 g/mol. The molecule has 28 heavy (non-hydrogen) atoms. The molecule has 0 bridgehead atoms. The molecule has 0 spiro atoms. The van der Waals surface area contributed by atoms with E-state index in [1.54, 1.807) is 0 Å². The van der Waals surface area contributed by atoms with Crippen LogP contribution in [-0.4, -0.2) is 35.4 Å². The average Bonchev–Trinajstić information content (AvgIpc) is 3.42. The van der Waals surface area contributed by atoms with Gasteiger partial charge in [-0.15, -0.1) is 24.0 Å². The van der Waals surface area contributed by atoms with E-state index < -0.39 is 0 Å². The van der Waals surface area contributed by atoms with E-state index in [2.05, 4.69) is 34.9 Å². The summed E-state index contributed by atoms with van der Waals surface area (Å²) in [5, 5.41) is 10.9. The second kappa shape index (κ2) is 11.9. The van der Waals surface area contributed by atoms with Gasteiger partial charge in [-0.1, -0.05) is 18.2 Å². The summed E-state index contributed by atoms with van der Waals surface area (Å²) >= 11 is 0. The Bertz CT molecular complexity index is 742. The first-order valence-corrected chi connectivity index (χ1v) is 9.95. The predicted octanol–water partition coefficient (Wildman–Crippen LogP) is 3.51. The Hall–Kier alpha value is -1.77. The van der Waals surface area contributed by atoms with E-state index in [4.69, 9.17) is 9.73 Å². The van der Waals surface area contributed by atoms with E-state index in [-0.39, 0.29) is 24.0 Å². The minimum atomic E-state index is 0. The Morgan fingerprint density at radius 1 is 1.29 bits per heavy atom. The molecule has 3 rings (SSSR count). The van der Waals surface area contributed by atoms with Gasteiger partial charge in [0.15, 0.2) is 5.96 Å². The molecule has 1 aliphatic carbocycles. The Morgan fingerprint density at radius 3 is 2.82 bits per heavy atom. The molecule has 2 N–H and O–H groups in total. The third kappa shape index (κ3) is 7.69. The molecule has 1 heterocycles. The van der Waals surface area contributed by atoms with Crippen molar-refractivity contribution in [1.29, 1.82) is 0 Å². The van der Waals surface area contributed by atoms with Crippen molar-refractivity contribution in [1.82, 2.24) is 20.4 Å². The molecule has 0 aliphatic heterocycles. The van der Waals surface area contributed by atoms with Crippen molar-refractivity contribution in [3.8, 4) is 5.75 Å². The Labute approximate surface area is 185 Å². The number of benzene rings is 1. The molecule has 0 amide bonds. The van der Waals surface area contributed by atoms with Crippen LogP contribution in [0.25, 0.3) is 0 Å². The van der Waals surface area contributed by atoms with Crippen LogP contribution in [0.15, 0.2) is 41.7 Å². The molecule has 1 fully saturated rings. The maximum Gasteiger partial charge on any atom is 0.191 e. The van der Waals surface area contributed by atoms with E-state index in [0.29, 0.717) is 6.54 Å². The first kappa shape index (κ1) is 22.5. The highest BCUT2D eigenvalue weighted by Crippen LogP contribution is 2.30. The normalized spacial score (nSPS) is 13.7. The van der Waals surface area contributed by atoms with E-state index >= 15 is 0 Å². The summed E-state index contributed by atoms with van der Waals surface area (Å²) in [5.74, 6) is 2.56. The molecule has 7 heteroatoms. The Balaban J connectivity index is 0.00000280. The molecule has 1 aromatic heterocycles. The first-order valence-electron chi connectivity index (χ1n) is 9.95. The van der Waals surface area contributed by atoms with Crippen molar-refractivity contribution in [3.05, 3.63) is 47.8 Å². The van der Waals surface area contributed by atoms with Gasteiger partial charge in [-0.25, -0.2) is 4.99 Å². The minimum absolute atomic E-state index is 0. The maximum absolute atomic E-state index is 5.98. The summed E-state index contributed by atoms with van der Waals surface area (Å²) in [6.07, 6.45) is 8.65. The molecule has 6 nitrogen and oxygen atoms in total. The zero-order valence-electron chi connectivity index (χ0n) is 16.9. The molecule has 1 aromatic carbocycles. The van der Waals surface area contributed by atoms with Crippen LogP contribution >= 0.6 is 24.0 Å². The van der Waals surface area contributed by atoms with Crippen LogP contribution in [0.4, 0.5) is 0 Å². The number of aromatic nitrogens is 2. The van der Waals surface area contributed by atoms with Crippen molar-refractivity contribution in [2.24, 2.45) is 18.0 Å². The van der Waals surface area contributed by atoms with Gasteiger partial charge in [0.2, 0.25) is 0 Å². The van der Waals surface area contributed by atoms with Crippen molar-refractivity contribution in [3.63, 3.8) is 0 Å². The van der Waals surface area contributed by atoms with Crippen LogP contribution in [0.5, 0.6) is 5.75 Å². The molecule has 0 radical (unpaired) electrons. The lowest BCUT2D eigenvalue weighted by molar-refractivity contribution is 0.297. The second-order valence-corrected chi connectivity index (χ2v) is 7.11. The highest BCUT2D eigenvalue weighted by atomic mass is 127. The fraction of sp³-hybridized carbons (Fsp3) is 0.524. The number of hydrogen-bond donors (Lipinski definition) is 2. The molecular formula is C21H32IN5O. The topological polar surface area (TPSA) is 63.5 Å². The number of aryl methyl sites for hydroxylation is 2. The van der Waals surface area contributed by atoms with Gasteiger partial charge >= 0.3 is 0 Å². The number of guanidine groups is 1. The van der Waals surface area contributed by atoms with E-state index in [1.165, 1.54) is 18.4 Å². The SMILES string of the molecule is CCNC(=NCc1ccccc1OCC1CC1)NCCCc1cnn(C)c1.I. The Kier molecular flexibility index (Phi) is 9.60. The summed E-state index contributed by atoms with van der Waals surface area (Å²) in [6.45, 7) is 5.24. The maximum atomic E-state index is 5.98. The van der Waals surface area contributed by atoms with Gasteiger partial charge in [-0.05, 0) is 50.2 Å². The second-order valence-electron chi connectivity index (χ2n) is 7.11. The molecular weight excluding hydrogens is 465 g/mol. The summed E-state index contributed by atoms with van der Waals surface area (Å²) in [4.78, 5) is 4.73. The summed E-state index contributed by atoms with van der Waals surface area (Å²) in [6, 6.07) is 8.21. The number of aliphatic imine (C=N–C) groups is 1. The van der Waals surface area contributed by atoms with E-state index in [0.717, 1.165) is 55.7 Å². The highest BCUT2D eigenvalue weighted by Gasteiger charge is 2.22. The van der Waals surface area contributed by atoms with Gasteiger partial charge < -0.3 is 15.4 Å². The lowest BCUT2D eigenvalue weighted by atomic mass is 10.2. The number of rotatable bonds is 10. The standard InChI is InChI=1S/C21H31N5O.HI/c1-3-22-21(23-12-6-7-18-13-25-26(2)15-18)24-14-19-8-4-5-9-20(19)27-16-17-10-11-17;/h4-5,8-9,13,15,17H,3,6-7,10-12,14,16H2,1-2H3,(H2,22,23,24);1H. The predicted molar refractivity (Wildman–Crippen MR) is 124 cm³/mol. The third-order valence-electron chi connectivity index (χ3n) is 4.59. The number of halogens is 1. The number of para-hydroxylation sites is 1. The van der Waals surface area contributed by atoms with Gasteiger partial charge in [-0.2, -0.15) is 5.10 Å². The number of ether oxygens (including phenoxy) is 1. The zero-order chi connectivity index (χ0) is 18.9. The van der Waals surface area contributed by atoms with Crippen molar-refractivity contribution < 1.29 is 4.74 Å². The van der Waals surface area contributed by atoms with Crippen LogP contribution in [0, 0.1) is 5.92 Å². The number of nitrogens with zero attached hydrogens (tertiary/aromatic N) is 3. The van der Waals surface area contributed by atoms with Crippen LogP contribution < -0.4 is 15.4 Å². The van der Waals surface area contributed by atoms with Gasteiger partial charge in [0.05, 0.1) is 19.3 Å². The summed E-state index contributed by atoms with van der Waals surface area (Å²) in [7, 11) is 1.95. The third-order valence-corrected chi connectivity index (χ3v) is 4.59. The van der Waals surface area contributed by atoms with Gasteiger partial charge in [0, 0.05) is 31.9 Å². The van der Waals surface area contributed by atoms with Crippen LogP contribution in [0.2, 0.25) is 0 Å². The largest absolute Gasteiger partial charge is 0.493 e. The van der Waals surface area contributed by atoms with Crippen LogP contribution in [0.1, 0.15) is 37.3 Å². The monoisotopic (exact) mass is 497 g/mol. The van der Waals surface area contributed by atoms with Crippen LogP contribution in [-0.2, 0) is 20.0 Å². The van der Waals surface area contributed by atoms with Crippen molar-refractivity contribution in [2.45, 2.75) is 39.2 Å². The number of nitrogens with one attached hydrogen (secondary N) is 2. The molecule has 0 atom stereocenters. The molecule has 1 saturated carbocycles. The van der Waals surface area contributed by atoms with Crippen LogP contribution in [0.3, 0.4) is 0 Å². The zero-order valence-corrected chi connectivity index (χ0v) is 19.2.